The number of hydrogen-bond acceptors (Lipinski definition) is 4. The first-order valence-corrected chi connectivity index (χ1v) is 5.72. The zero-order valence-electron chi connectivity index (χ0n) is 8.48. The number of nitrogens with zero attached hydrogens (tertiary/aromatic N) is 4. The molecule has 84 valence electrons. The average Bonchev–Trinajstić information content (AvgIpc) is 2.66. The van der Waals surface area contributed by atoms with Gasteiger partial charge in [0, 0.05) is 23.9 Å². The molecule has 0 spiro atoms. The minimum absolute atomic E-state index is 0.437. The van der Waals surface area contributed by atoms with Crippen molar-refractivity contribution in [2.24, 2.45) is 7.05 Å². The maximum atomic E-state index is 5.93. The third-order valence-corrected chi connectivity index (χ3v) is 2.65. The number of pyridine rings is 1. The van der Waals surface area contributed by atoms with Crippen LogP contribution in [-0.4, -0.2) is 20.0 Å². The van der Waals surface area contributed by atoms with Crippen LogP contribution in [0.25, 0.3) is 0 Å². The van der Waals surface area contributed by atoms with Crippen molar-refractivity contribution in [2.75, 3.05) is 5.32 Å². The monoisotopic (exact) mass is 301 g/mol. The van der Waals surface area contributed by atoms with Crippen molar-refractivity contribution in [2.45, 2.75) is 6.54 Å². The lowest BCUT2D eigenvalue weighted by Gasteiger charge is -2.05. The molecule has 0 fully saturated rings. The number of hydrogen-bond donors (Lipinski definition) is 1. The molecular formula is C9H9BrClN5. The van der Waals surface area contributed by atoms with Gasteiger partial charge >= 0.3 is 0 Å². The fourth-order valence-corrected chi connectivity index (χ4v) is 1.71. The lowest BCUT2D eigenvalue weighted by Crippen LogP contribution is -2.01. The Bertz CT molecular complexity index is 498. The Morgan fingerprint density at radius 3 is 3.06 bits per heavy atom. The summed E-state index contributed by atoms with van der Waals surface area (Å²) in [4.78, 5) is 4.01. The normalized spacial score (nSPS) is 10.4. The van der Waals surface area contributed by atoms with Gasteiger partial charge < -0.3 is 5.32 Å². The van der Waals surface area contributed by atoms with Crippen LogP contribution in [0.1, 0.15) is 5.69 Å². The molecule has 2 aromatic rings. The Morgan fingerprint density at radius 2 is 2.38 bits per heavy atom. The second-order valence-electron chi connectivity index (χ2n) is 3.23. The van der Waals surface area contributed by atoms with Gasteiger partial charge in [0.2, 0.25) is 0 Å². The molecule has 0 amide bonds. The molecule has 0 atom stereocenters. The highest BCUT2D eigenvalue weighted by atomic mass is 79.9. The van der Waals surface area contributed by atoms with Crippen LogP contribution >= 0.6 is 27.5 Å². The predicted octanol–water partition coefficient (Wildman–Crippen LogP) is 2.24. The molecule has 0 bridgehead atoms. The average molecular weight is 303 g/mol. The fraction of sp³-hybridized carbons (Fsp3) is 0.222. The van der Waals surface area contributed by atoms with E-state index in [1.165, 1.54) is 0 Å². The molecule has 0 unspecified atom stereocenters. The van der Waals surface area contributed by atoms with Crippen molar-refractivity contribution >= 4 is 33.2 Å². The van der Waals surface area contributed by atoms with E-state index in [4.69, 9.17) is 11.6 Å². The third-order valence-electron chi connectivity index (χ3n) is 1.92. The predicted molar refractivity (Wildman–Crippen MR) is 65.3 cm³/mol. The first-order valence-electron chi connectivity index (χ1n) is 4.55. The number of aromatic nitrogens is 4. The summed E-state index contributed by atoms with van der Waals surface area (Å²) >= 11 is 9.27. The van der Waals surface area contributed by atoms with Gasteiger partial charge in [0.25, 0.3) is 0 Å². The van der Waals surface area contributed by atoms with Crippen LogP contribution in [0.15, 0.2) is 22.9 Å². The van der Waals surface area contributed by atoms with E-state index in [-0.39, 0.29) is 0 Å². The summed E-state index contributed by atoms with van der Waals surface area (Å²) in [5.41, 5.74) is 1.61. The molecule has 0 radical (unpaired) electrons. The maximum absolute atomic E-state index is 5.93. The summed E-state index contributed by atoms with van der Waals surface area (Å²) in [7, 11) is 1.82. The molecule has 0 aliphatic carbocycles. The van der Waals surface area contributed by atoms with E-state index in [1.807, 2.05) is 19.3 Å². The van der Waals surface area contributed by atoms with Crippen LogP contribution in [0.4, 0.5) is 5.69 Å². The highest BCUT2D eigenvalue weighted by Gasteiger charge is 2.03. The molecule has 0 aliphatic heterocycles. The van der Waals surface area contributed by atoms with Gasteiger partial charge in [0.15, 0.2) is 5.15 Å². The van der Waals surface area contributed by atoms with E-state index in [9.17, 15) is 0 Å². The van der Waals surface area contributed by atoms with Crippen molar-refractivity contribution in [1.82, 2.24) is 20.0 Å². The Morgan fingerprint density at radius 1 is 1.56 bits per heavy atom. The molecule has 0 saturated carbocycles. The van der Waals surface area contributed by atoms with Crippen LogP contribution in [0, 0.1) is 0 Å². The van der Waals surface area contributed by atoms with Gasteiger partial charge in [-0.1, -0.05) is 16.8 Å². The Balaban J connectivity index is 2.07. The Hall–Kier alpha value is -1.14. The second kappa shape index (κ2) is 4.80. The lowest BCUT2D eigenvalue weighted by molar-refractivity contribution is 0.713. The molecule has 2 aromatic heterocycles. The SMILES string of the molecule is Cn1cc(CNc2cc(Br)cnc2Cl)nn1. The van der Waals surface area contributed by atoms with Crippen molar-refractivity contribution in [1.29, 1.82) is 0 Å². The Kier molecular flexibility index (Phi) is 3.40. The molecular weight excluding hydrogens is 293 g/mol. The summed E-state index contributed by atoms with van der Waals surface area (Å²) in [6.07, 6.45) is 3.49. The number of aryl methyl sites for hydroxylation is 1. The molecule has 0 aromatic carbocycles. The standard InChI is InChI=1S/C9H9BrClN5/c1-16-5-7(14-15-16)4-12-8-2-6(10)3-13-9(8)11/h2-3,5,12H,4H2,1H3. The number of halogens is 2. The summed E-state index contributed by atoms with van der Waals surface area (Å²) in [5, 5.41) is 11.4. The molecule has 16 heavy (non-hydrogen) atoms. The number of anilines is 1. The molecule has 0 saturated heterocycles. The fourth-order valence-electron chi connectivity index (χ4n) is 1.21. The molecule has 5 nitrogen and oxygen atoms in total. The first-order chi connectivity index (χ1) is 7.65. The van der Waals surface area contributed by atoms with E-state index >= 15 is 0 Å². The maximum Gasteiger partial charge on any atom is 0.152 e. The second-order valence-corrected chi connectivity index (χ2v) is 4.50. The van der Waals surface area contributed by atoms with Crippen LogP contribution < -0.4 is 5.32 Å². The van der Waals surface area contributed by atoms with Crippen molar-refractivity contribution in [3.63, 3.8) is 0 Å². The van der Waals surface area contributed by atoms with E-state index < -0.39 is 0 Å². The molecule has 0 aliphatic rings. The quantitative estimate of drug-likeness (QED) is 0.884. The van der Waals surface area contributed by atoms with Gasteiger partial charge in [-0.15, -0.1) is 5.10 Å². The Labute approximate surface area is 106 Å². The number of nitrogens with one attached hydrogen (secondary N) is 1. The largest absolute Gasteiger partial charge is 0.377 e. The third kappa shape index (κ3) is 2.70. The molecule has 7 heteroatoms. The van der Waals surface area contributed by atoms with E-state index in [2.05, 4.69) is 36.5 Å². The zero-order chi connectivity index (χ0) is 11.5. The molecule has 1 N–H and O–H groups in total. The van der Waals surface area contributed by atoms with E-state index in [0.717, 1.165) is 15.9 Å². The zero-order valence-corrected chi connectivity index (χ0v) is 10.8. The van der Waals surface area contributed by atoms with Crippen LogP contribution in [0.3, 0.4) is 0 Å². The highest BCUT2D eigenvalue weighted by molar-refractivity contribution is 9.10. The number of rotatable bonds is 3. The minimum atomic E-state index is 0.437. The van der Waals surface area contributed by atoms with Gasteiger partial charge in [-0.05, 0) is 22.0 Å². The highest BCUT2D eigenvalue weighted by Crippen LogP contribution is 2.23. The first kappa shape index (κ1) is 11.3. The van der Waals surface area contributed by atoms with Crippen molar-refractivity contribution < 1.29 is 0 Å². The summed E-state index contributed by atoms with van der Waals surface area (Å²) in [5.74, 6) is 0. The summed E-state index contributed by atoms with van der Waals surface area (Å²) in [6, 6.07) is 1.87. The molecule has 2 rings (SSSR count). The van der Waals surface area contributed by atoms with Crippen LogP contribution in [0.5, 0.6) is 0 Å². The van der Waals surface area contributed by atoms with Crippen molar-refractivity contribution in [3.8, 4) is 0 Å². The van der Waals surface area contributed by atoms with Gasteiger partial charge in [0.05, 0.1) is 12.2 Å². The summed E-state index contributed by atoms with van der Waals surface area (Å²) < 4.78 is 2.52. The molecule has 2 heterocycles. The smallest absolute Gasteiger partial charge is 0.152 e. The minimum Gasteiger partial charge on any atom is -0.377 e. The van der Waals surface area contributed by atoms with Gasteiger partial charge in [-0.2, -0.15) is 0 Å². The van der Waals surface area contributed by atoms with Gasteiger partial charge in [-0.3, -0.25) is 4.68 Å². The van der Waals surface area contributed by atoms with E-state index in [1.54, 1.807) is 10.9 Å². The summed E-state index contributed by atoms with van der Waals surface area (Å²) in [6.45, 7) is 0.561. The van der Waals surface area contributed by atoms with Gasteiger partial charge in [0.1, 0.15) is 5.69 Å². The van der Waals surface area contributed by atoms with Gasteiger partial charge in [-0.25, -0.2) is 4.98 Å². The lowest BCUT2D eigenvalue weighted by atomic mass is 10.4. The van der Waals surface area contributed by atoms with Crippen LogP contribution in [0.2, 0.25) is 5.15 Å². The topological polar surface area (TPSA) is 55.6 Å². The van der Waals surface area contributed by atoms with E-state index in [0.29, 0.717) is 11.7 Å². The van der Waals surface area contributed by atoms with Crippen molar-refractivity contribution in [3.05, 3.63) is 33.8 Å². The van der Waals surface area contributed by atoms with Crippen LogP contribution in [-0.2, 0) is 13.6 Å².